The largest absolute Gasteiger partial charge is 0.372 e. The highest BCUT2D eigenvalue weighted by atomic mass is 16.1. The van der Waals surface area contributed by atoms with Crippen LogP contribution < -0.4 is 16.0 Å². The summed E-state index contributed by atoms with van der Waals surface area (Å²) in [4.78, 5) is 36.2. The highest BCUT2D eigenvalue weighted by Crippen LogP contribution is 2.45. The van der Waals surface area contributed by atoms with E-state index >= 15 is 0 Å². The van der Waals surface area contributed by atoms with Gasteiger partial charge in [-0.2, -0.15) is 0 Å². The lowest BCUT2D eigenvalue weighted by molar-refractivity contribution is -0.127. The quantitative estimate of drug-likeness (QED) is 0.697. The van der Waals surface area contributed by atoms with Gasteiger partial charge in [0, 0.05) is 34.4 Å². The van der Waals surface area contributed by atoms with Gasteiger partial charge >= 0.3 is 0 Å². The summed E-state index contributed by atoms with van der Waals surface area (Å²) in [5.74, 6) is 0.808. The molecule has 0 amide bonds. The van der Waals surface area contributed by atoms with Gasteiger partial charge in [-0.3, -0.25) is 9.79 Å². The molecule has 6 heterocycles. The van der Waals surface area contributed by atoms with Gasteiger partial charge in [0.15, 0.2) is 5.78 Å². The number of carbonyl (C=O) groups excluding carboxylic acids is 1. The van der Waals surface area contributed by atoms with Crippen LogP contribution in [0, 0.1) is 12.3 Å². The van der Waals surface area contributed by atoms with Gasteiger partial charge in [-0.1, -0.05) is 6.92 Å². The predicted molar refractivity (Wildman–Crippen MR) is 142 cm³/mol. The Morgan fingerprint density at radius 1 is 0.944 bits per heavy atom. The molecule has 2 aromatic heterocycles. The minimum atomic E-state index is -0.865. The molecule has 180 valence electrons. The van der Waals surface area contributed by atoms with Crippen LogP contribution in [0.5, 0.6) is 0 Å². The molecule has 36 heavy (non-hydrogen) atoms. The Kier molecular flexibility index (Phi) is 4.77. The number of hydrogen-bond acceptors (Lipinski definition) is 6. The third-order valence-electron chi connectivity index (χ3n) is 7.41. The number of aromatic nitrogens is 3. The molecule has 0 saturated carbocycles. The van der Waals surface area contributed by atoms with Crippen molar-refractivity contribution in [3.63, 3.8) is 0 Å². The summed E-state index contributed by atoms with van der Waals surface area (Å²) in [6.45, 7) is 7.83. The Morgan fingerprint density at radius 3 is 2.39 bits per heavy atom. The molecule has 4 aliphatic heterocycles. The van der Waals surface area contributed by atoms with Crippen LogP contribution in [-0.2, 0) is 10.3 Å². The number of ketones is 1. The Hall–Kier alpha value is -4.13. The van der Waals surface area contributed by atoms with Crippen LogP contribution in [0.4, 0.5) is 0 Å². The van der Waals surface area contributed by atoms with Crippen molar-refractivity contribution in [2.75, 3.05) is 0 Å². The van der Waals surface area contributed by atoms with Crippen molar-refractivity contribution >= 4 is 29.4 Å². The van der Waals surface area contributed by atoms with Crippen molar-refractivity contribution in [3.8, 4) is 0 Å². The second-order valence-electron chi connectivity index (χ2n) is 10.3. The van der Waals surface area contributed by atoms with Crippen LogP contribution in [0.15, 0.2) is 82.4 Å². The minimum Gasteiger partial charge on any atom is -0.372 e. The number of aryl methyl sites for hydroxylation is 1. The minimum absolute atomic E-state index is 0.114. The average Bonchev–Trinajstić information content (AvgIpc) is 3.61. The SMILES string of the molecule is CCC12C=C3C=CC(=N3)C=c3ccc([nH]3)=CC3=NC(c4cnc(C)nc4)(C=C3)C=C(N1)C(C)(C)C2=O. The number of rotatable bonds is 2. The van der Waals surface area contributed by atoms with E-state index < -0.39 is 16.5 Å². The zero-order valence-electron chi connectivity index (χ0n) is 20.8. The van der Waals surface area contributed by atoms with Gasteiger partial charge in [-0.15, -0.1) is 0 Å². The molecule has 2 N–H and O–H groups in total. The fraction of sp³-hybridized carbons (Fsp3) is 0.276. The van der Waals surface area contributed by atoms with Crippen LogP contribution in [0.3, 0.4) is 0 Å². The van der Waals surface area contributed by atoms with Gasteiger partial charge < -0.3 is 10.3 Å². The Bertz CT molecular complexity index is 1600. The number of nitrogens with one attached hydrogen (secondary N) is 2. The van der Waals surface area contributed by atoms with Crippen LogP contribution >= 0.6 is 0 Å². The molecule has 0 spiro atoms. The molecule has 1 fully saturated rings. The second-order valence-corrected chi connectivity index (χ2v) is 10.3. The van der Waals surface area contributed by atoms with Gasteiger partial charge in [0.1, 0.15) is 16.9 Å². The van der Waals surface area contributed by atoms with E-state index in [1.807, 2.05) is 88.7 Å². The van der Waals surface area contributed by atoms with E-state index in [4.69, 9.17) is 9.98 Å². The summed E-state index contributed by atoms with van der Waals surface area (Å²) in [5, 5.41) is 5.50. The van der Waals surface area contributed by atoms with E-state index in [0.29, 0.717) is 12.2 Å². The number of aromatic amines is 1. The number of nitrogens with zero attached hydrogens (tertiary/aromatic N) is 4. The first-order valence-electron chi connectivity index (χ1n) is 12.2. The van der Waals surface area contributed by atoms with E-state index in [1.165, 1.54) is 0 Å². The lowest BCUT2D eigenvalue weighted by atomic mass is 9.78. The number of Topliss-reactive ketones (excluding diaryl/α,β-unsaturated/α-hetero) is 1. The summed E-state index contributed by atoms with van der Waals surface area (Å²) in [5.41, 5.74) is 1.64. The van der Waals surface area contributed by atoms with Crippen molar-refractivity contribution in [2.45, 2.75) is 45.2 Å². The smallest absolute Gasteiger partial charge is 0.173 e. The summed E-state index contributed by atoms with van der Waals surface area (Å²) in [7, 11) is 0. The summed E-state index contributed by atoms with van der Waals surface area (Å²) in [6.07, 6.45) is 20.3. The molecule has 2 aromatic rings. The predicted octanol–water partition coefficient (Wildman–Crippen LogP) is 2.72. The maximum atomic E-state index is 13.9. The van der Waals surface area contributed by atoms with Gasteiger partial charge in [-0.05, 0) is 87.9 Å². The first kappa shape index (κ1) is 22.3. The van der Waals surface area contributed by atoms with Crippen molar-refractivity contribution in [1.29, 1.82) is 0 Å². The number of aliphatic imine (C=N–C) groups is 2. The van der Waals surface area contributed by atoms with Crippen LogP contribution in [0.2, 0.25) is 0 Å². The van der Waals surface area contributed by atoms with Crippen molar-refractivity contribution in [3.05, 3.63) is 94.5 Å². The van der Waals surface area contributed by atoms with Crippen molar-refractivity contribution < 1.29 is 4.79 Å². The van der Waals surface area contributed by atoms with Crippen molar-refractivity contribution in [1.82, 2.24) is 20.3 Å². The van der Waals surface area contributed by atoms with Gasteiger partial charge in [0.25, 0.3) is 0 Å². The zero-order valence-corrected chi connectivity index (χ0v) is 20.8. The molecule has 0 aromatic carbocycles. The third kappa shape index (κ3) is 3.46. The van der Waals surface area contributed by atoms with E-state index in [-0.39, 0.29) is 5.78 Å². The monoisotopic (exact) mass is 476 g/mol. The fourth-order valence-corrected chi connectivity index (χ4v) is 5.25. The molecule has 1 saturated heterocycles. The van der Waals surface area contributed by atoms with Gasteiger partial charge in [-0.25, -0.2) is 15.0 Å². The van der Waals surface area contributed by atoms with E-state index in [2.05, 4.69) is 32.4 Å². The number of hydrogen-bond donors (Lipinski definition) is 2. The Morgan fingerprint density at radius 2 is 1.67 bits per heavy atom. The standard InChI is InChI=1S/C29H28N6O/c1-5-28-14-24-9-8-21(33-24)12-20-6-7-22(32-20)13-23-10-11-29(34-23,19-16-30-18(2)31-17-19)15-25(35-28)27(3,4)26(28)36/h6-17,32,35H,5H2,1-4H3. The molecular formula is C29H28N6O. The molecule has 2 unspecified atom stereocenters. The Balaban J connectivity index is 1.63. The lowest BCUT2D eigenvalue weighted by Gasteiger charge is -2.25. The molecule has 7 nitrogen and oxygen atoms in total. The van der Waals surface area contributed by atoms with Crippen molar-refractivity contribution in [2.24, 2.45) is 15.4 Å². The summed E-state index contributed by atoms with van der Waals surface area (Å²) >= 11 is 0. The van der Waals surface area contributed by atoms with E-state index in [0.717, 1.165) is 39.1 Å². The molecule has 6 rings (SSSR count). The maximum absolute atomic E-state index is 13.9. The molecule has 4 aliphatic rings. The highest BCUT2D eigenvalue weighted by molar-refractivity contribution is 6.20. The molecule has 0 radical (unpaired) electrons. The average molecular weight is 477 g/mol. The normalized spacial score (nSPS) is 27.5. The molecule has 8 bridgehead atoms. The topological polar surface area (TPSA) is 95.4 Å². The first-order valence-corrected chi connectivity index (χ1v) is 12.2. The molecule has 0 aliphatic carbocycles. The third-order valence-corrected chi connectivity index (χ3v) is 7.41. The zero-order chi connectivity index (χ0) is 25.1. The number of allylic oxidation sites excluding steroid dienone is 4. The fourth-order valence-electron chi connectivity index (χ4n) is 5.25. The van der Waals surface area contributed by atoms with Crippen LogP contribution in [0.25, 0.3) is 12.2 Å². The molecule has 7 heteroatoms. The first-order chi connectivity index (χ1) is 17.2. The lowest BCUT2D eigenvalue weighted by Crippen LogP contribution is -2.44. The number of carbonyl (C=O) groups is 1. The second kappa shape index (κ2) is 7.68. The Labute approximate surface area is 209 Å². The molecular weight excluding hydrogens is 448 g/mol. The van der Waals surface area contributed by atoms with Gasteiger partial charge in [0.05, 0.1) is 22.5 Å². The summed E-state index contributed by atoms with van der Waals surface area (Å²) in [6, 6.07) is 4.05. The number of H-pyrrole nitrogens is 1. The maximum Gasteiger partial charge on any atom is 0.173 e. The van der Waals surface area contributed by atoms with E-state index in [1.54, 1.807) is 0 Å². The van der Waals surface area contributed by atoms with Crippen LogP contribution in [0.1, 0.15) is 38.6 Å². The highest BCUT2D eigenvalue weighted by Gasteiger charge is 2.54. The van der Waals surface area contributed by atoms with Crippen LogP contribution in [-0.4, -0.2) is 37.7 Å². The van der Waals surface area contributed by atoms with E-state index in [9.17, 15) is 4.79 Å². The number of fused-ring (bicyclic) bond motifs is 6. The molecule has 2 atom stereocenters. The van der Waals surface area contributed by atoms with Gasteiger partial charge in [0.2, 0.25) is 0 Å². The summed E-state index contributed by atoms with van der Waals surface area (Å²) < 4.78 is 0.